The topological polar surface area (TPSA) is 44.8 Å². The van der Waals surface area contributed by atoms with Crippen molar-refractivity contribution >= 4 is 0 Å². The molecule has 0 bridgehead atoms. The van der Waals surface area contributed by atoms with Crippen molar-refractivity contribution in [3.8, 4) is 0 Å². The number of aromatic amines is 1. The Kier molecular flexibility index (Phi) is 3.60. The van der Waals surface area contributed by atoms with E-state index in [-0.39, 0.29) is 0 Å². The van der Waals surface area contributed by atoms with Gasteiger partial charge in [0.25, 0.3) is 0 Å². The zero-order valence-corrected chi connectivity index (χ0v) is 11.3. The summed E-state index contributed by atoms with van der Waals surface area (Å²) >= 11 is 0. The number of hydrogen-bond donors (Lipinski definition) is 1. The molecule has 3 heterocycles. The van der Waals surface area contributed by atoms with Crippen molar-refractivity contribution < 1.29 is 0 Å². The van der Waals surface area contributed by atoms with Crippen molar-refractivity contribution in [3.63, 3.8) is 0 Å². The van der Waals surface area contributed by atoms with Crippen LogP contribution in [-0.4, -0.2) is 32.9 Å². The number of rotatable bonds is 3. The second kappa shape index (κ2) is 5.53. The van der Waals surface area contributed by atoms with Gasteiger partial charge in [-0.2, -0.15) is 0 Å². The Bertz CT molecular complexity index is 520. The zero-order chi connectivity index (χ0) is 13.1. The van der Waals surface area contributed by atoms with Crippen LogP contribution in [0.2, 0.25) is 0 Å². The molecule has 1 N–H and O–H groups in total. The number of imidazole rings is 1. The molecule has 1 atom stereocenters. The van der Waals surface area contributed by atoms with Crippen molar-refractivity contribution in [1.82, 2.24) is 19.9 Å². The van der Waals surface area contributed by atoms with Gasteiger partial charge in [-0.25, -0.2) is 4.98 Å². The molecule has 100 valence electrons. The predicted octanol–water partition coefficient (Wildman–Crippen LogP) is 2.49. The Morgan fingerprint density at radius 2 is 2.37 bits per heavy atom. The molecular weight excluding hydrogens is 236 g/mol. The minimum Gasteiger partial charge on any atom is -0.346 e. The first-order valence-electron chi connectivity index (χ1n) is 6.94. The number of H-pyrrole nitrogens is 1. The summed E-state index contributed by atoms with van der Waals surface area (Å²) in [5, 5.41) is 0. The molecule has 0 unspecified atom stereocenters. The van der Waals surface area contributed by atoms with Crippen molar-refractivity contribution in [3.05, 3.63) is 47.8 Å². The highest BCUT2D eigenvalue weighted by molar-refractivity contribution is 5.10. The summed E-state index contributed by atoms with van der Waals surface area (Å²) < 4.78 is 0. The fourth-order valence-corrected chi connectivity index (χ4v) is 2.81. The van der Waals surface area contributed by atoms with Crippen LogP contribution in [0.15, 0.2) is 30.7 Å². The van der Waals surface area contributed by atoms with Crippen molar-refractivity contribution in [1.29, 1.82) is 0 Å². The van der Waals surface area contributed by atoms with Gasteiger partial charge in [0.1, 0.15) is 5.82 Å². The Labute approximate surface area is 113 Å². The smallest absolute Gasteiger partial charge is 0.110 e. The third kappa shape index (κ3) is 3.01. The van der Waals surface area contributed by atoms with Crippen LogP contribution in [0.25, 0.3) is 0 Å². The van der Waals surface area contributed by atoms with Gasteiger partial charge < -0.3 is 4.98 Å². The second-order valence-electron chi connectivity index (χ2n) is 5.39. The van der Waals surface area contributed by atoms with E-state index >= 15 is 0 Å². The molecular formula is C15H20N4. The van der Waals surface area contributed by atoms with E-state index in [0.717, 1.165) is 24.6 Å². The molecule has 0 amide bonds. The summed E-state index contributed by atoms with van der Waals surface area (Å²) in [6, 6.07) is 4.15. The van der Waals surface area contributed by atoms with Crippen molar-refractivity contribution in [2.45, 2.75) is 32.2 Å². The molecule has 4 nitrogen and oxygen atoms in total. The van der Waals surface area contributed by atoms with E-state index in [2.05, 4.69) is 32.8 Å². The summed E-state index contributed by atoms with van der Waals surface area (Å²) in [6.45, 7) is 5.31. The average molecular weight is 256 g/mol. The molecule has 1 aliphatic rings. The van der Waals surface area contributed by atoms with Gasteiger partial charge >= 0.3 is 0 Å². The number of pyridine rings is 1. The summed E-state index contributed by atoms with van der Waals surface area (Å²) in [7, 11) is 0. The lowest BCUT2D eigenvalue weighted by Gasteiger charge is -2.31. The molecule has 1 fully saturated rings. The van der Waals surface area contributed by atoms with Gasteiger partial charge in [0.05, 0.1) is 0 Å². The number of piperidine rings is 1. The van der Waals surface area contributed by atoms with E-state index in [1.165, 1.54) is 24.9 Å². The largest absolute Gasteiger partial charge is 0.346 e. The molecule has 0 radical (unpaired) electrons. The average Bonchev–Trinajstić information content (AvgIpc) is 2.87. The number of likely N-dealkylation sites (tertiary alicyclic amines) is 1. The maximum atomic E-state index is 4.49. The molecule has 0 saturated carbocycles. The fraction of sp³-hybridized carbons (Fsp3) is 0.467. The highest BCUT2D eigenvalue weighted by Gasteiger charge is 2.23. The van der Waals surface area contributed by atoms with E-state index in [1.54, 1.807) is 0 Å². The number of aryl methyl sites for hydroxylation is 1. The number of aromatic nitrogens is 3. The van der Waals surface area contributed by atoms with Gasteiger partial charge in [-0.1, -0.05) is 6.07 Å². The summed E-state index contributed by atoms with van der Waals surface area (Å²) in [5.41, 5.74) is 2.44. The highest BCUT2D eigenvalue weighted by Crippen LogP contribution is 2.25. The lowest BCUT2D eigenvalue weighted by atomic mass is 9.97. The number of nitrogens with zero attached hydrogens (tertiary/aromatic N) is 3. The Morgan fingerprint density at radius 1 is 1.42 bits per heavy atom. The summed E-state index contributed by atoms with van der Waals surface area (Å²) in [6.07, 6.45) is 8.19. The molecule has 0 aromatic carbocycles. The highest BCUT2D eigenvalue weighted by atomic mass is 15.1. The first-order valence-corrected chi connectivity index (χ1v) is 6.94. The third-order valence-corrected chi connectivity index (χ3v) is 3.74. The van der Waals surface area contributed by atoms with Gasteiger partial charge in [0.15, 0.2) is 0 Å². The predicted molar refractivity (Wildman–Crippen MR) is 74.8 cm³/mol. The van der Waals surface area contributed by atoms with Gasteiger partial charge in [-0.3, -0.25) is 9.88 Å². The first kappa shape index (κ1) is 12.4. The van der Waals surface area contributed by atoms with Crippen molar-refractivity contribution in [2.75, 3.05) is 13.1 Å². The summed E-state index contributed by atoms with van der Waals surface area (Å²) in [5.74, 6) is 1.69. The zero-order valence-electron chi connectivity index (χ0n) is 11.3. The van der Waals surface area contributed by atoms with Crippen LogP contribution in [-0.2, 0) is 6.54 Å². The molecule has 3 rings (SSSR count). The Hall–Kier alpha value is -1.68. The van der Waals surface area contributed by atoms with E-state index in [4.69, 9.17) is 0 Å². The number of nitrogens with one attached hydrogen (secondary N) is 1. The maximum Gasteiger partial charge on any atom is 0.110 e. The van der Waals surface area contributed by atoms with Gasteiger partial charge in [0, 0.05) is 43.3 Å². The van der Waals surface area contributed by atoms with Crippen LogP contribution in [0.4, 0.5) is 0 Å². The fourth-order valence-electron chi connectivity index (χ4n) is 2.81. The maximum absolute atomic E-state index is 4.49. The van der Waals surface area contributed by atoms with Crippen molar-refractivity contribution in [2.24, 2.45) is 0 Å². The van der Waals surface area contributed by atoms with Gasteiger partial charge in [-0.05, 0) is 37.9 Å². The Balaban J connectivity index is 1.65. The first-order chi connectivity index (χ1) is 9.31. The van der Waals surface area contributed by atoms with E-state index in [9.17, 15) is 0 Å². The summed E-state index contributed by atoms with van der Waals surface area (Å²) in [4.78, 5) is 14.6. The van der Waals surface area contributed by atoms with E-state index < -0.39 is 0 Å². The van der Waals surface area contributed by atoms with Gasteiger partial charge in [0.2, 0.25) is 0 Å². The van der Waals surface area contributed by atoms with Crippen LogP contribution in [0.3, 0.4) is 0 Å². The molecule has 0 spiro atoms. The Morgan fingerprint density at radius 3 is 3.11 bits per heavy atom. The number of hydrogen-bond acceptors (Lipinski definition) is 3. The van der Waals surface area contributed by atoms with Crippen LogP contribution in [0.5, 0.6) is 0 Å². The molecule has 2 aromatic heterocycles. The van der Waals surface area contributed by atoms with Crippen LogP contribution in [0.1, 0.15) is 35.8 Å². The van der Waals surface area contributed by atoms with Gasteiger partial charge in [-0.15, -0.1) is 0 Å². The minimum atomic E-state index is 0.541. The van der Waals surface area contributed by atoms with E-state index in [1.807, 2.05) is 24.7 Å². The second-order valence-corrected chi connectivity index (χ2v) is 5.39. The quantitative estimate of drug-likeness (QED) is 0.917. The molecule has 0 aliphatic carbocycles. The lowest BCUT2D eigenvalue weighted by molar-refractivity contribution is 0.197. The minimum absolute atomic E-state index is 0.541. The van der Waals surface area contributed by atoms with Crippen LogP contribution >= 0.6 is 0 Å². The molecule has 1 aliphatic heterocycles. The SMILES string of the molecule is Cc1cnc([C@@H]2CCCN(Cc3cccnc3)C2)[nH]1. The molecule has 2 aromatic rings. The molecule has 4 heteroatoms. The molecule has 19 heavy (non-hydrogen) atoms. The lowest BCUT2D eigenvalue weighted by Crippen LogP contribution is -2.34. The molecule has 1 saturated heterocycles. The monoisotopic (exact) mass is 256 g/mol. The van der Waals surface area contributed by atoms with E-state index in [0.29, 0.717) is 5.92 Å². The normalized spacial score (nSPS) is 20.6. The third-order valence-electron chi connectivity index (χ3n) is 3.74. The standard InChI is InChI=1S/C15H20N4/c1-12-8-17-15(18-12)14-5-3-7-19(11-14)10-13-4-2-6-16-9-13/h2,4,6,8-9,14H,3,5,7,10-11H2,1H3,(H,17,18)/t14-/m1/s1. The van der Waals surface area contributed by atoms with Crippen LogP contribution in [0, 0.1) is 6.92 Å². The van der Waals surface area contributed by atoms with Crippen LogP contribution < -0.4 is 0 Å².